The third-order valence-corrected chi connectivity index (χ3v) is 5.19. The first-order chi connectivity index (χ1) is 13.8. The normalized spacial score (nSPS) is 13.6. The minimum atomic E-state index is -4.66. The lowest BCUT2D eigenvalue weighted by molar-refractivity contribution is -0.137. The Kier molecular flexibility index (Phi) is 7.17. The number of nitrogens with one attached hydrogen (secondary N) is 1. The monoisotopic (exact) mass is 484 g/mol. The summed E-state index contributed by atoms with van der Waals surface area (Å²) in [6.45, 7) is 3.19. The Morgan fingerprint density at radius 2 is 1.87 bits per heavy atom. The molecule has 14 heteroatoms. The maximum Gasteiger partial charge on any atom is 0.416 e. The van der Waals surface area contributed by atoms with Crippen LogP contribution in [0.5, 0.6) is 0 Å². The van der Waals surface area contributed by atoms with Gasteiger partial charge in [0.1, 0.15) is 17.8 Å². The highest BCUT2D eigenvalue weighted by Crippen LogP contribution is 2.40. The summed E-state index contributed by atoms with van der Waals surface area (Å²) >= 11 is 9.99. The number of alkyl halides is 3. The van der Waals surface area contributed by atoms with Gasteiger partial charge in [0, 0.05) is 5.92 Å². The molecule has 0 radical (unpaired) electrons. The van der Waals surface area contributed by atoms with Crippen molar-refractivity contribution in [3.05, 3.63) is 33.4 Å². The van der Waals surface area contributed by atoms with Gasteiger partial charge in [0.25, 0.3) is 5.91 Å². The number of rotatable bonds is 5. The molecule has 8 nitrogen and oxygen atoms in total. The lowest BCUT2D eigenvalue weighted by Gasteiger charge is -2.23. The fraction of sp³-hybridized carbons (Fsp3) is 0.312. The van der Waals surface area contributed by atoms with Crippen molar-refractivity contribution in [1.82, 2.24) is 10.2 Å². The molecule has 0 bridgehead atoms. The quantitative estimate of drug-likeness (QED) is 0.338. The molecule has 1 unspecified atom stereocenters. The van der Waals surface area contributed by atoms with Crippen LogP contribution < -0.4 is 15.8 Å². The van der Waals surface area contributed by atoms with Gasteiger partial charge in [-0.05, 0) is 12.1 Å². The molecule has 0 spiro atoms. The number of hydrogen-bond donors (Lipinski definition) is 3. The van der Waals surface area contributed by atoms with Crippen LogP contribution in [0.15, 0.2) is 17.1 Å². The molecule has 0 saturated heterocycles. The molecule has 1 aromatic heterocycles. The first-order valence-electron chi connectivity index (χ1n) is 8.17. The standard InChI is InChI=1S/C16H17Cl2F3N6O2S/c1-6(2)15(28)27(30(3)29)12-11(25-26-14(12)23)13(22)24-10-8(17)4-7(5-9(10)18)16(19,20)21/h4-6H,1-3H3,(H2,22,24)(H3,23,25,26). The molecule has 0 saturated carbocycles. The molecule has 1 aromatic carbocycles. The van der Waals surface area contributed by atoms with Gasteiger partial charge in [0.2, 0.25) is 0 Å². The minimum absolute atomic E-state index is 0.0880. The number of halogens is 5. The van der Waals surface area contributed by atoms with Crippen LogP contribution in [-0.2, 0) is 22.3 Å². The molecule has 30 heavy (non-hydrogen) atoms. The Balaban J connectivity index is 2.60. The summed E-state index contributed by atoms with van der Waals surface area (Å²) in [5, 5.41) is 5.48. The molecule has 2 rings (SSSR count). The highest BCUT2D eigenvalue weighted by atomic mass is 35.5. The van der Waals surface area contributed by atoms with E-state index in [0.29, 0.717) is 12.1 Å². The van der Waals surface area contributed by atoms with Gasteiger partial charge in [0.15, 0.2) is 17.2 Å². The van der Waals surface area contributed by atoms with Crippen molar-refractivity contribution in [3.8, 4) is 0 Å². The number of anilines is 2. The molecule has 1 amide bonds. The van der Waals surface area contributed by atoms with E-state index >= 15 is 0 Å². The molecule has 5 N–H and O–H groups in total. The fourth-order valence-corrected chi connectivity index (χ4v) is 3.82. The summed E-state index contributed by atoms with van der Waals surface area (Å²) in [7, 11) is 0. The zero-order valence-electron chi connectivity index (χ0n) is 15.8. The number of amides is 1. The first-order valence-corrected chi connectivity index (χ1v) is 10.4. The highest BCUT2D eigenvalue weighted by molar-refractivity contribution is 7.92. The number of benzene rings is 1. The number of H-pyrrole nitrogens is 1. The molecule has 0 aliphatic heterocycles. The van der Waals surface area contributed by atoms with Crippen molar-refractivity contribution in [3.63, 3.8) is 0 Å². The zero-order valence-corrected chi connectivity index (χ0v) is 18.2. The maximum absolute atomic E-state index is 12.9. The number of aromatic amines is 1. The number of carbonyl (C=O) groups is 1. The van der Waals surface area contributed by atoms with Crippen LogP contribution in [0.4, 0.5) is 30.4 Å². The van der Waals surface area contributed by atoms with Crippen LogP contribution >= 0.6 is 23.2 Å². The Labute approximate surface area is 182 Å². The average Bonchev–Trinajstić information content (AvgIpc) is 2.98. The number of aromatic nitrogens is 2. The molecule has 2 aromatic rings. The third-order valence-electron chi connectivity index (χ3n) is 3.74. The summed E-state index contributed by atoms with van der Waals surface area (Å²) < 4.78 is 51.8. The third kappa shape index (κ3) is 4.94. The molecular formula is C16H17Cl2F3N6O2S. The predicted octanol–water partition coefficient (Wildman–Crippen LogP) is 3.64. The lowest BCUT2D eigenvalue weighted by atomic mass is 10.2. The molecule has 164 valence electrons. The van der Waals surface area contributed by atoms with Crippen LogP contribution in [0.1, 0.15) is 25.1 Å². The smallest absolute Gasteiger partial charge is 0.416 e. The second-order valence-electron chi connectivity index (χ2n) is 6.33. The number of hydrogen-bond acceptors (Lipinski definition) is 5. The number of carbonyl (C=O) groups excluding carboxylic acids is 1. The van der Waals surface area contributed by atoms with E-state index in [1.165, 1.54) is 6.26 Å². The molecule has 0 fully saturated rings. The van der Waals surface area contributed by atoms with Crippen LogP contribution in [0.2, 0.25) is 10.0 Å². The average molecular weight is 485 g/mol. The van der Waals surface area contributed by atoms with Gasteiger partial charge in [0.05, 0.1) is 27.0 Å². The first kappa shape index (κ1) is 24.1. The maximum atomic E-state index is 12.9. The van der Waals surface area contributed by atoms with Gasteiger partial charge < -0.3 is 16.0 Å². The predicted molar refractivity (Wildman–Crippen MR) is 111 cm³/mol. The van der Waals surface area contributed by atoms with Crippen molar-refractivity contribution in [1.29, 1.82) is 0 Å². The highest BCUT2D eigenvalue weighted by Gasteiger charge is 2.35. The van der Waals surface area contributed by atoms with Gasteiger partial charge in [-0.3, -0.25) is 9.89 Å². The van der Waals surface area contributed by atoms with Crippen LogP contribution in [0, 0.1) is 5.92 Å². The molecular weight excluding hydrogens is 468 g/mol. The molecule has 1 heterocycles. The van der Waals surface area contributed by atoms with Crippen LogP contribution in [0.25, 0.3) is 0 Å². The Morgan fingerprint density at radius 3 is 2.30 bits per heavy atom. The summed E-state index contributed by atoms with van der Waals surface area (Å²) in [5.41, 5.74) is 10.3. The van der Waals surface area contributed by atoms with Gasteiger partial charge in [-0.25, -0.2) is 4.99 Å². The molecule has 1 atom stereocenters. The summed E-state index contributed by atoms with van der Waals surface area (Å²) in [5.74, 6) is -1.54. The summed E-state index contributed by atoms with van der Waals surface area (Å²) in [6.07, 6.45) is -3.40. The van der Waals surface area contributed by atoms with E-state index in [0.717, 1.165) is 4.31 Å². The number of amidine groups is 1. The van der Waals surface area contributed by atoms with Crippen LogP contribution in [0.3, 0.4) is 0 Å². The van der Waals surface area contributed by atoms with Crippen molar-refractivity contribution in [2.24, 2.45) is 16.6 Å². The van der Waals surface area contributed by atoms with Gasteiger partial charge in [-0.1, -0.05) is 37.0 Å². The van der Waals surface area contributed by atoms with Gasteiger partial charge in [-0.15, -0.1) is 4.31 Å². The second-order valence-corrected chi connectivity index (χ2v) is 8.36. The number of nitrogen functional groups attached to an aromatic ring is 1. The summed E-state index contributed by atoms with van der Waals surface area (Å²) in [6, 6.07) is 1.30. The Hall–Kier alpha value is -2.15. The van der Waals surface area contributed by atoms with Crippen molar-refractivity contribution in [2.45, 2.75) is 20.0 Å². The van der Waals surface area contributed by atoms with E-state index < -0.39 is 45.0 Å². The minimum Gasteiger partial charge on any atom is -0.593 e. The van der Waals surface area contributed by atoms with Crippen molar-refractivity contribution < 1.29 is 22.5 Å². The molecule has 0 aliphatic carbocycles. The summed E-state index contributed by atoms with van der Waals surface area (Å²) in [4.78, 5) is 16.5. The SMILES string of the molecule is CC(C)C(=O)N(c1c(C(N)=Nc2c(Cl)cc(C(F)(F)F)cc2Cl)n[nH]c1N)[S+](C)[O-]. The Bertz CT molecular complexity index is 971. The van der Waals surface area contributed by atoms with E-state index in [-0.39, 0.29) is 28.7 Å². The van der Waals surface area contributed by atoms with Crippen molar-refractivity contribution >= 4 is 63.5 Å². The molecule has 0 aliphatic rings. The van der Waals surface area contributed by atoms with E-state index in [9.17, 15) is 22.5 Å². The van der Waals surface area contributed by atoms with E-state index in [2.05, 4.69) is 15.2 Å². The number of nitrogens with two attached hydrogens (primary N) is 2. The van der Waals surface area contributed by atoms with Crippen molar-refractivity contribution in [2.75, 3.05) is 16.3 Å². The van der Waals surface area contributed by atoms with E-state index in [1.54, 1.807) is 13.8 Å². The van der Waals surface area contributed by atoms with E-state index in [1.807, 2.05) is 0 Å². The van der Waals surface area contributed by atoms with E-state index in [4.69, 9.17) is 34.7 Å². The number of aliphatic imine (C=N–C) groups is 1. The largest absolute Gasteiger partial charge is 0.593 e. The lowest BCUT2D eigenvalue weighted by Crippen LogP contribution is -2.40. The topological polar surface area (TPSA) is 136 Å². The van der Waals surface area contributed by atoms with Gasteiger partial charge in [-0.2, -0.15) is 18.3 Å². The van der Waals surface area contributed by atoms with Crippen LogP contribution in [-0.4, -0.2) is 32.7 Å². The number of nitrogens with zero attached hydrogens (tertiary/aromatic N) is 3. The van der Waals surface area contributed by atoms with Gasteiger partial charge >= 0.3 is 6.18 Å². The Morgan fingerprint density at radius 1 is 1.33 bits per heavy atom. The second kappa shape index (κ2) is 8.92. The fourth-order valence-electron chi connectivity index (χ4n) is 2.34. The zero-order chi connectivity index (χ0) is 23.0.